The number of hydrogen-bond donors (Lipinski definition) is 2. The molecule has 0 aromatic carbocycles. The number of likely N-dealkylation sites (N-methyl/N-ethyl adjacent to an activating group) is 1. The first-order chi connectivity index (χ1) is 10.2. The molecule has 8 nitrogen and oxygen atoms in total. The van der Waals surface area contributed by atoms with Gasteiger partial charge in [-0.15, -0.1) is 11.3 Å². The molecule has 124 valence electrons. The van der Waals surface area contributed by atoms with Gasteiger partial charge in [-0.3, -0.25) is 0 Å². The van der Waals surface area contributed by atoms with Crippen LogP contribution in [0.1, 0.15) is 24.9 Å². The topological polar surface area (TPSA) is 127 Å². The van der Waals surface area contributed by atoms with Gasteiger partial charge in [-0.1, -0.05) is 6.92 Å². The molecule has 22 heavy (non-hydrogen) atoms. The van der Waals surface area contributed by atoms with Crippen LogP contribution in [-0.2, 0) is 24.8 Å². The molecule has 1 aliphatic heterocycles. The average molecular weight is 367 g/mol. The molecule has 0 radical (unpaired) electrons. The monoisotopic (exact) mass is 367 g/mol. The Kier molecular flexibility index (Phi) is 5.04. The van der Waals surface area contributed by atoms with E-state index in [1.165, 1.54) is 10.4 Å². The lowest BCUT2D eigenvalue weighted by Crippen LogP contribution is -2.43. The maximum Gasteiger partial charge on any atom is 0.253 e. The summed E-state index contributed by atoms with van der Waals surface area (Å²) in [6.45, 7) is 2.67. The Bertz CT molecular complexity index is 769. The van der Waals surface area contributed by atoms with Crippen LogP contribution in [0.25, 0.3) is 0 Å². The van der Waals surface area contributed by atoms with Crippen LogP contribution in [0.15, 0.2) is 14.5 Å². The minimum Gasteiger partial charge on any atom is -0.309 e. The summed E-state index contributed by atoms with van der Waals surface area (Å²) < 4.78 is 49.1. The molecule has 0 saturated heterocycles. The van der Waals surface area contributed by atoms with Crippen LogP contribution in [0.2, 0.25) is 0 Å². The summed E-state index contributed by atoms with van der Waals surface area (Å²) in [6, 6.07) is 0.985. The molecule has 1 aliphatic rings. The van der Waals surface area contributed by atoms with Crippen molar-refractivity contribution in [1.29, 1.82) is 0 Å². The van der Waals surface area contributed by atoms with Gasteiger partial charge in [0.25, 0.3) is 10.0 Å². The van der Waals surface area contributed by atoms with E-state index in [0.717, 1.165) is 0 Å². The van der Waals surface area contributed by atoms with E-state index >= 15 is 0 Å². The molecule has 2 heterocycles. The molecule has 0 bridgehead atoms. The van der Waals surface area contributed by atoms with E-state index in [9.17, 15) is 21.6 Å². The average Bonchev–Trinajstić information content (AvgIpc) is 2.87. The smallest absolute Gasteiger partial charge is 0.253 e. The van der Waals surface area contributed by atoms with E-state index in [-0.39, 0.29) is 34.0 Å². The van der Waals surface area contributed by atoms with Gasteiger partial charge in [-0.05, 0) is 12.6 Å². The van der Waals surface area contributed by atoms with Gasteiger partial charge in [0.2, 0.25) is 10.0 Å². The molecule has 11 heteroatoms. The van der Waals surface area contributed by atoms with Crippen molar-refractivity contribution in [3.63, 3.8) is 0 Å². The molecule has 1 atom stereocenters. The summed E-state index contributed by atoms with van der Waals surface area (Å²) in [5.74, 6) is 0. The Hall–Kier alpha value is -0.850. The molecule has 2 rings (SSSR count). The predicted molar refractivity (Wildman–Crippen MR) is 81.5 cm³/mol. The fourth-order valence-electron chi connectivity index (χ4n) is 2.30. The molecule has 0 spiro atoms. The van der Waals surface area contributed by atoms with Crippen molar-refractivity contribution in [2.75, 3.05) is 19.6 Å². The molecule has 0 unspecified atom stereocenters. The minimum absolute atomic E-state index is 0.0281. The van der Waals surface area contributed by atoms with Crippen molar-refractivity contribution >= 4 is 37.7 Å². The SMILES string of the molecule is CCN[C@H]1CN(CCC=O)S(=O)(=O)c2sc(S(N)(=O)=O)cc21. The summed E-state index contributed by atoms with van der Waals surface area (Å²) in [5.41, 5.74) is 0.415. The van der Waals surface area contributed by atoms with Gasteiger partial charge in [-0.2, -0.15) is 4.31 Å². The number of thiophene rings is 1. The van der Waals surface area contributed by atoms with Gasteiger partial charge in [0, 0.05) is 31.1 Å². The highest BCUT2D eigenvalue weighted by atomic mass is 32.3. The molecule has 0 fully saturated rings. The predicted octanol–water partition coefficient (Wildman–Crippen LogP) is -0.361. The molecule has 0 saturated carbocycles. The van der Waals surface area contributed by atoms with Crippen molar-refractivity contribution in [2.45, 2.75) is 27.8 Å². The highest BCUT2D eigenvalue weighted by Gasteiger charge is 2.39. The number of fused-ring (bicyclic) bond motifs is 1. The van der Waals surface area contributed by atoms with Crippen molar-refractivity contribution in [2.24, 2.45) is 5.14 Å². The van der Waals surface area contributed by atoms with Crippen molar-refractivity contribution in [3.05, 3.63) is 11.6 Å². The van der Waals surface area contributed by atoms with Gasteiger partial charge in [0.15, 0.2) is 0 Å². The highest BCUT2D eigenvalue weighted by molar-refractivity contribution is 7.94. The summed E-state index contributed by atoms with van der Waals surface area (Å²) in [7, 11) is -7.78. The van der Waals surface area contributed by atoms with Gasteiger partial charge in [0.05, 0.1) is 0 Å². The minimum atomic E-state index is -3.97. The maximum atomic E-state index is 12.6. The van der Waals surface area contributed by atoms with Crippen LogP contribution in [-0.4, -0.2) is 47.1 Å². The first kappa shape index (κ1) is 17.5. The molecule has 0 amide bonds. The van der Waals surface area contributed by atoms with E-state index in [1.807, 2.05) is 6.92 Å². The van der Waals surface area contributed by atoms with Gasteiger partial charge < -0.3 is 10.1 Å². The third-order valence-corrected chi connectivity index (χ3v) is 8.23. The van der Waals surface area contributed by atoms with Crippen LogP contribution in [0.3, 0.4) is 0 Å². The first-order valence-electron chi connectivity index (χ1n) is 6.55. The van der Waals surface area contributed by atoms with Crippen LogP contribution in [0, 0.1) is 0 Å². The Morgan fingerprint density at radius 1 is 1.55 bits per heavy atom. The summed E-state index contributed by atoms with van der Waals surface area (Å²) >= 11 is 0.645. The zero-order valence-corrected chi connectivity index (χ0v) is 14.3. The lowest BCUT2D eigenvalue weighted by Gasteiger charge is -2.32. The molecular formula is C11H17N3O5S3. The first-order valence-corrected chi connectivity index (χ1v) is 10.4. The Morgan fingerprint density at radius 3 is 2.77 bits per heavy atom. The number of hydrogen-bond acceptors (Lipinski definition) is 7. The standard InChI is InChI=1S/C11H17N3O5S3/c1-2-13-9-7-14(4-3-5-15)22(18,19)11-8(9)6-10(20-11)21(12,16)17/h5-6,9,13H,2-4,7H2,1H3,(H2,12,16,17)/t9-/m0/s1. The maximum absolute atomic E-state index is 12.6. The number of nitrogens with one attached hydrogen (secondary N) is 1. The van der Waals surface area contributed by atoms with Crippen molar-refractivity contribution in [1.82, 2.24) is 9.62 Å². The molecule has 3 N–H and O–H groups in total. The van der Waals surface area contributed by atoms with E-state index in [0.29, 0.717) is 29.7 Å². The molecule has 1 aromatic rings. The lowest BCUT2D eigenvalue weighted by atomic mass is 10.1. The number of primary sulfonamides is 1. The van der Waals surface area contributed by atoms with E-state index in [2.05, 4.69) is 5.32 Å². The normalized spacial score (nSPS) is 21.5. The van der Waals surface area contributed by atoms with E-state index in [1.54, 1.807) is 0 Å². The Labute approximate surface area is 133 Å². The Balaban J connectivity index is 2.55. The zero-order chi connectivity index (χ0) is 16.5. The number of carbonyl (C=O) groups is 1. The Morgan fingerprint density at radius 2 is 2.23 bits per heavy atom. The second kappa shape index (κ2) is 6.34. The van der Waals surface area contributed by atoms with Gasteiger partial charge >= 0.3 is 0 Å². The second-order valence-electron chi connectivity index (χ2n) is 4.78. The lowest BCUT2D eigenvalue weighted by molar-refractivity contribution is -0.107. The summed E-state index contributed by atoms with van der Waals surface area (Å²) in [6.07, 6.45) is 0.734. The number of aldehydes is 1. The number of nitrogens with zero attached hydrogens (tertiary/aromatic N) is 1. The largest absolute Gasteiger partial charge is 0.309 e. The number of sulfonamides is 2. The highest BCUT2D eigenvalue weighted by Crippen LogP contribution is 2.39. The summed E-state index contributed by atoms with van der Waals surface area (Å²) in [4.78, 5) is 10.5. The van der Waals surface area contributed by atoms with Gasteiger partial charge in [-0.25, -0.2) is 22.0 Å². The van der Waals surface area contributed by atoms with E-state index < -0.39 is 20.0 Å². The fraction of sp³-hybridized carbons (Fsp3) is 0.545. The molecule has 1 aromatic heterocycles. The molecular weight excluding hydrogens is 350 g/mol. The second-order valence-corrected chi connectivity index (χ2v) is 9.76. The molecule has 0 aliphatic carbocycles. The van der Waals surface area contributed by atoms with Crippen LogP contribution >= 0.6 is 11.3 Å². The summed E-state index contributed by atoms with van der Waals surface area (Å²) in [5, 5.41) is 8.23. The fourth-order valence-corrected chi connectivity index (χ4v) is 6.58. The zero-order valence-electron chi connectivity index (χ0n) is 11.9. The number of rotatable bonds is 6. The van der Waals surface area contributed by atoms with Crippen LogP contribution in [0.5, 0.6) is 0 Å². The van der Waals surface area contributed by atoms with E-state index in [4.69, 9.17) is 5.14 Å². The number of carbonyl (C=O) groups excluding carboxylic acids is 1. The van der Waals surface area contributed by atoms with Crippen LogP contribution in [0.4, 0.5) is 0 Å². The third kappa shape index (κ3) is 3.24. The quantitative estimate of drug-likeness (QED) is 0.661. The third-order valence-electron chi connectivity index (χ3n) is 3.27. The van der Waals surface area contributed by atoms with Gasteiger partial charge in [0.1, 0.15) is 14.7 Å². The van der Waals surface area contributed by atoms with Crippen molar-refractivity contribution in [3.8, 4) is 0 Å². The number of nitrogens with two attached hydrogens (primary N) is 1. The van der Waals surface area contributed by atoms with Crippen molar-refractivity contribution < 1.29 is 21.6 Å². The van der Waals surface area contributed by atoms with Crippen LogP contribution < -0.4 is 10.5 Å².